The third kappa shape index (κ3) is 3.71. The summed E-state index contributed by atoms with van der Waals surface area (Å²) in [4.78, 5) is 8.18. The molecule has 0 aliphatic heterocycles. The molecule has 0 unspecified atom stereocenters. The van der Waals surface area contributed by atoms with E-state index in [0.717, 1.165) is 12.1 Å². The van der Waals surface area contributed by atoms with E-state index in [4.69, 9.17) is 14.9 Å². The number of nitrogens with one attached hydrogen (secondary N) is 1. The Hall–Kier alpha value is -3.23. The van der Waals surface area contributed by atoms with E-state index < -0.39 is 11.7 Å². The van der Waals surface area contributed by atoms with Gasteiger partial charge in [0.2, 0.25) is 5.95 Å². The average molecular weight is 364 g/mol. The highest BCUT2D eigenvalue weighted by Crippen LogP contribution is 2.35. The lowest BCUT2D eigenvalue weighted by molar-refractivity contribution is -0.137. The standard InChI is InChI=1S/C17H15F3N4O2/c1-25-14-13(12-6-3-7-26-12)23-16(21)24-15(14)22-9-10-4-2-5-11(8-10)17(18,19)20/h2-8H,9H2,1H3,(H3,21,22,23,24). The molecule has 6 nitrogen and oxygen atoms in total. The molecule has 0 saturated heterocycles. The molecule has 26 heavy (non-hydrogen) atoms. The van der Waals surface area contributed by atoms with E-state index in [1.165, 1.54) is 19.4 Å². The predicted molar refractivity (Wildman–Crippen MR) is 89.5 cm³/mol. The highest BCUT2D eigenvalue weighted by atomic mass is 19.4. The lowest BCUT2D eigenvalue weighted by Crippen LogP contribution is -2.09. The van der Waals surface area contributed by atoms with Crippen LogP contribution in [0.4, 0.5) is 24.9 Å². The minimum absolute atomic E-state index is 0.0243. The number of nitrogens with zero attached hydrogens (tertiary/aromatic N) is 2. The SMILES string of the molecule is COc1c(NCc2cccc(C(F)(F)F)c2)nc(N)nc1-c1ccco1. The van der Waals surface area contributed by atoms with E-state index in [0.29, 0.717) is 17.0 Å². The molecule has 2 aromatic heterocycles. The number of halogens is 3. The fraction of sp³-hybridized carbons (Fsp3) is 0.176. The highest BCUT2D eigenvalue weighted by Gasteiger charge is 2.30. The monoisotopic (exact) mass is 364 g/mol. The molecule has 136 valence electrons. The zero-order valence-electron chi connectivity index (χ0n) is 13.7. The van der Waals surface area contributed by atoms with Crippen molar-refractivity contribution in [1.29, 1.82) is 0 Å². The summed E-state index contributed by atoms with van der Waals surface area (Å²) < 4.78 is 49.1. The van der Waals surface area contributed by atoms with Crippen LogP contribution in [0.5, 0.6) is 5.75 Å². The number of alkyl halides is 3. The second kappa shape index (κ2) is 6.95. The number of nitrogens with two attached hydrogens (primary N) is 1. The summed E-state index contributed by atoms with van der Waals surface area (Å²) in [5, 5.41) is 2.94. The van der Waals surface area contributed by atoms with Crippen LogP contribution in [0, 0.1) is 0 Å². The van der Waals surface area contributed by atoms with Crippen LogP contribution in [0.2, 0.25) is 0 Å². The number of ether oxygens (including phenoxy) is 1. The van der Waals surface area contributed by atoms with Crippen molar-refractivity contribution in [2.45, 2.75) is 12.7 Å². The first-order chi connectivity index (χ1) is 12.4. The van der Waals surface area contributed by atoms with E-state index in [1.807, 2.05) is 0 Å². The van der Waals surface area contributed by atoms with Crippen LogP contribution in [0.3, 0.4) is 0 Å². The molecule has 0 fully saturated rings. The Morgan fingerprint density at radius 2 is 2.00 bits per heavy atom. The number of hydrogen-bond acceptors (Lipinski definition) is 6. The van der Waals surface area contributed by atoms with Crippen molar-refractivity contribution in [2.75, 3.05) is 18.2 Å². The number of furan rings is 1. The van der Waals surface area contributed by atoms with Gasteiger partial charge in [0.1, 0.15) is 0 Å². The maximum Gasteiger partial charge on any atom is 0.416 e. The minimum atomic E-state index is -4.40. The van der Waals surface area contributed by atoms with Gasteiger partial charge in [0.15, 0.2) is 23.0 Å². The lowest BCUT2D eigenvalue weighted by Gasteiger charge is -2.14. The smallest absolute Gasteiger partial charge is 0.416 e. The summed E-state index contributed by atoms with van der Waals surface area (Å²) in [6.07, 6.45) is -2.93. The number of anilines is 2. The van der Waals surface area contributed by atoms with Crippen molar-refractivity contribution in [2.24, 2.45) is 0 Å². The van der Waals surface area contributed by atoms with Crippen LogP contribution in [0.15, 0.2) is 47.1 Å². The van der Waals surface area contributed by atoms with Crippen LogP contribution < -0.4 is 15.8 Å². The van der Waals surface area contributed by atoms with Gasteiger partial charge in [-0.25, -0.2) is 4.98 Å². The molecule has 0 radical (unpaired) electrons. The lowest BCUT2D eigenvalue weighted by atomic mass is 10.1. The second-order valence-corrected chi connectivity index (χ2v) is 5.34. The van der Waals surface area contributed by atoms with Crippen LogP contribution in [0.1, 0.15) is 11.1 Å². The Labute approximate surface area is 146 Å². The van der Waals surface area contributed by atoms with Crippen molar-refractivity contribution in [3.8, 4) is 17.2 Å². The van der Waals surface area contributed by atoms with Gasteiger partial charge in [0.25, 0.3) is 0 Å². The Morgan fingerprint density at radius 1 is 1.19 bits per heavy atom. The van der Waals surface area contributed by atoms with Crippen molar-refractivity contribution in [3.05, 3.63) is 53.8 Å². The largest absolute Gasteiger partial charge is 0.491 e. The maximum atomic E-state index is 12.8. The first-order valence-corrected chi connectivity index (χ1v) is 7.54. The van der Waals surface area contributed by atoms with Gasteiger partial charge in [-0.3, -0.25) is 0 Å². The number of methoxy groups -OCH3 is 1. The van der Waals surface area contributed by atoms with Gasteiger partial charge in [-0.15, -0.1) is 0 Å². The third-order valence-corrected chi connectivity index (χ3v) is 3.56. The first-order valence-electron chi connectivity index (χ1n) is 7.54. The zero-order chi connectivity index (χ0) is 18.7. The molecule has 0 saturated carbocycles. The van der Waals surface area contributed by atoms with E-state index in [1.54, 1.807) is 18.2 Å². The molecular weight excluding hydrogens is 349 g/mol. The summed E-state index contributed by atoms with van der Waals surface area (Å²) in [7, 11) is 1.43. The van der Waals surface area contributed by atoms with Crippen LogP contribution in [0.25, 0.3) is 11.5 Å². The van der Waals surface area contributed by atoms with Crippen LogP contribution >= 0.6 is 0 Å². The molecule has 2 heterocycles. The maximum absolute atomic E-state index is 12.8. The van der Waals surface area contributed by atoms with E-state index in [-0.39, 0.29) is 24.1 Å². The summed E-state index contributed by atoms with van der Waals surface area (Å²) in [5.74, 6) is 0.937. The van der Waals surface area contributed by atoms with Gasteiger partial charge < -0.3 is 20.2 Å². The molecule has 0 bridgehead atoms. The second-order valence-electron chi connectivity index (χ2n) is 5.34. The Kier molecular flexibility index (Phi) is 4.70. The van der Waals surface area contributed by atoms with Gasteiger partial charge in [0, 0.05) is 6.54 Å². The Morgan fingerprint density at radius 3 is 2.65 bits per heavy atom. The molecular formula is C17H15F3N4O2. The molecule has 0 atom stereocenters. The summed E-state index contributed by atoms with van der Waals surface area (Å²) in [5.41, 5.74) is 5.78. The topological polar surface area (TPSA) is 86.2 Å². The summed E-state index contributed by atoms with van der Waals surface area (Å²) in [6.45, 7) is 0.0916. The molecule has 0 aliphatic rings. The molecule has 9 heteroatoms. The average Bonchev–Trinajstić information content (AvgIpc) is 3.13. The van der Waals surface area contributed by atoms with Crippen molar-refractivity contribution in [1.82, 2.24) is 9.97 Å². The van der Waals surface area contributed by atoms with Crippen molar-refractivity contribution >= 4 is 11.8 Å². The molecule has 0 amide bonds. The van der Waals surface area contributed by atoms with Crippen molar-refractivity contribution in [3.63, 3.8) is 0 Å². The quantitative estimate of drug-likeness (QED) is 0.713. The minimum Gasteiger partial charge on any atom is -0.491 e. The number of rotatable bonds is 5. The molecule has 3 rings (SSSR count). The van der Waals surface area contributed by atoms with Crippen molar-refractivity contribution < 1.29 is 22.3 Å². The molecule has 1 aromatic carbocycles. The fourth-order valence-electron chi connectivity index (χ4n) is 2.40. The molecule has 0 aliphatic carbocycles. The first kappa shape index (κ1) is 17.6. The van der Waals surface area contributed by atoms with Gasteiger partial charge in [-0.05, 0) is 29.8 Å². The van der Waals surface area contributed by atoms with Gasteiger partial charge >= 0.3 is 6.18 Å². The molecule has 0 spiro atoms. The van der Waals surface area contributed by atoms with E-state index >= 15 is 0 Å². The zero-order valence-corrected chi connectivity index (χ0v) is 13.7. The molecule has 3 N–H and O–H groups in total. The number of nitrogen functional groups attached to an aromatic ring is 1. The van der Waals surface area contributed by atoms with Gasteiger partial charge in [-0.1, -0.05) is 12.1 Å². The number of benzene rings is 1. The van der Waals surface area contributed by atoms with Gasteiger partial charge in [0.05, 0.1) is 18.9 Å². The van der Waals surface area contributed by atoms with Gasteiger partial charge in [-0.2, -0.15) is 18.2 Å². The van der Waals surface area contributed by atoms with Crippen LogP contribution in [-0.4, -0.2) is 17.1 Å². The molecule has 3 aromatic rings. The fourth-order valence-corrected chi connectivity index (χ4v) is 2.40. The highest BCUT2D eigenvalue weighted by molar-refractivity contribution is 5.71. The Bertz CT molecular complexity index is 896. The number of aromatic nitrogens is 2. The number of hydrogen-bond donors (Lipinski definition) is 2. The summed E-state index contributed by atoms with van der Waals surface area (Å²) in [6, 6.07) is 8.37. The Balaban J connectivity index is 1.89. The van der Waals surface area contributed by atoms with E-state index in [9.17, 15) is 13.2 Å². The third-order valence-electron chi connectivity index (χ3n) is 3.56. The van der Waals surface area contributed by atoms with E-state index in [2.05, 4.69) is 15.3 Å². The van der Waals surface area contributed by atoms with Crippen LogP contribution in [-0.2, 0) is 12.7 Å². The predicted octanol–water partition coefficient (Wildman–Crippen LogP) is 3.96. The summed E-state index contributed by atoms with van der Waals surface area (Å²) >= 11 is 0. The normalized spacial score (nSPS) is 11.4.